The van der Waals surface area contributed by atoms with E-state index in [4.69, 9.17) is 21.1 Å². The third kappa shape index (κ3) is 2.57. The van der Waals surface area contributed by atoms with Crippen molar-refractivity contribution in [1.82, 2.24) is 4.57 Å². The predicted molar refractivity (Wildman–Crippen MR) is 85.6 cm³/mol. The van der Waals surface area contributed by atoms with Crippen LogP contribution in [0.3, 0.4) is 0 Å². The SMILES string of the molecule is COc1ccc(Cn2ccc3c(Cl)cccc32)cc1OC. The van der Waals surface area contributed by atoms with Gasteiger partial charge in [-0.15, -0.1) is 0 Å². The molecule has 108 valence electrons. The summed E-state index contributed by atoms with van der Waals surface area (Å²) in [6.45, 7) is 0.754. The fourth-order valence-electron chi connectivity index (χ4n) is 2.50. The molecular weight excluding hydrogens is 286 g/mol. The summed E-state index contributed by atoms with van der Waals surface area (Å²) in [5.41, 5.74) is 2.27. The molecule has 0 saturated heterocycles. The first-order valence-electron chi connectivity index (χ1n) is 6.67. The first kappa shape index (κ1) is 13.8. The van der Waals surface area contributed by atoms with Crippen LogP contribution >= 0.6 is 11.6 Å². The Morgan fingerprint density at radius 3 is 2.57 bits per heavy atom. The van der Waals surface area contributed by atoms with Crippen LogP contribution in [-0.4, -0.2) is 18.8 Å². The van der Waals surface area contributed by atoms with Crippen molar-refractivity contribution in [2.24, 2.45) is 0 Å². The van der Waals surface area contributed by atoms with Gasteiger partial charge in [0, 0.05) is 28.7 Å². The van der Waals surface area contributed by atoms with Gasteiger partial charge in [0.1, 0.15) is 0 Å². The molecule has 0 radical (unpaired) electrons. The second-order valence-corrected chi connectivity index (χ2v) is 5.21. The van der Waals surface area contributed by atoms with Crippen molar-refractivity contribution in [1.29, 1.82) is 0 Å². The van der Waals surface area contributed by atoms with Crippen molar-refractivity contribution in [2.45, 2.75) is 6.54 Å². The first-order valence-corrected chi connectivity index (χ1v) is 7.05. The van der Waals surface area contributed by atoms with Gasteiger partial charge in [-0.2, -0.15) is 0 Å². The van der Waals surface area contributed by atoms with Crippen molar-refractivity contribution in [3.05, 3.63) is 59.2 Å². The van der Waals surface area contributed by atoms with Gasteiger partial charge in [-0.3, -0.25) is 0 Å². The number of aromatic nitrogens is 1. The van der Waals surface area contributed by atoms with Crippen molar-refractivity contribution in [3.8, 4) is 11.5 Å². The molecule has 0 bridgehead atoms. The summed E-state index contributed by atoms with van der Waals surface area (Å²) in [6.07, 6.45) is 2.05. The minimum atomic E-state index is 0.738. The summed E-state index contributed by atoms with van der Waals surface area (Å²) in [5, 5.41) is 1.85. The number of ether oxygens (including phenoxy) is 2. The predicted octanol–water partition coefficient (Wildman–Crippen LogP) is 4.36. The normalized spacial score (nSPS) is 10.8. The van der Waals surface area contributed by atoms with Gasteiger partial charge in [0.05, 0.1) is 14.2 Å². The maximum Gasteiger partial charge on any atom is 0.161 e. The third-order valence-corrected chi connectivity index (χ3v) is 3.89. The minimum Gasteiger partial charge on any atom is -0.493 e. The average Bonchev–Trinajstić information content (AvgIpc) is 2.92. The van der Waals surface area contributed by atoms with Gasteiger partial charge in [0.15, 0.2) is 11.5 Å². The molecule has 0 amide bonds. The summed E-state index contributed by atoms with van der Waals surface area (Å²) in [7, 11) is 3.28. The average molecular weight is 302 g/mol. The van der Waals surface area contributed by atoms with Gasteiger partial charge in [-0.05, 0) is 35.9 Å². The number of nitrogens with zero attached hydrogens (tertiary/aromatic N) is 1. The van der Waals surface area contributed by atoms with Crippen LogP contribution in [0.2, 0.25) is 5.02 Å². The third-order valence-electron chi connectivity index (χ3n) is 3.56. The monoisotopic (exact) mass is 301 g/mol. The summed E-state index contributed by atoms with van der Waals surface area (Å²) in [5.74, 6) is 1.48. The van der Waals surface area contributed by atoms with Crippen molar-refractivity contribution >= 4 is 22.5 Å². The summed E-state index contributed by atoms with van der Waals surface area (Å²) in [4.78, 5) is 0. The molecule has 0 aliphatic rings. The molecule has 0 N–H and O–H groups in total. The fourth-order valence-corrected chi connectivity index (χ4v) is 2.73. The summed E-state index contributed by atoms with van der Waals surface area (Å²) >= 11 is 6.21. The van der Waals surface area contributed by atoms with Gasteiger partial charge in [-0.1, -0.05) is 23.7 Å². The Morgan fingerprint density at radius 2 is 1.81 bits per heavy atom. The summed E-state index contributed by atoms with van der Waals surface area (Å²) < 4.78 is 12.8. The molecule has 0 saturated carbocycles. The number of fused-ring (bicyclic) bond motifs is 1. The van der Waals surface area contributed by atoms with E-state index in [1.54, 1.807) is 14.2 Å². The highest BCUT2D eigenvalue weighted by Gasteiger charge is 2.07. The molecule has 0 unspecified atom stereocenters. The van der Waals surface area contributed by atoms with E-state index in [9.17, 15) is 0 Å². The Balaban J connectivity index is 1.97. The number of hydrogen-bond acceptors (Lipinski definition) is 2. The number of benzene rings is 2. The van der Waals surface area contributed by atoms with E-state index in [2.05, 4.69) is 10.6 Å². The molecule has 2 aromatic carbocycles. The van der Waals surface area contributed by atoms with Gasteiger partial charge in [0.2, 0.25) is 0 Å². The molecule has 3 nitrogen and oxygen atoms in total. The molecule has 0 atom stereocenters. The van der Waals surface area contributed by atoms with E-state index in [0.717, 1.165) is 39.5 Å². The maximum absolute atomic E-state index is 6.21. The van der Waals surface area contributed by atoms with Crippen molar-refractivity contribution < 1.29 is 9.47 Å². The molecule has 0 spiro atoms. The number of methoxy groups -OCH3 is 2. The van der Waals surface area contributed by atoms with E-state index in [-0.39, 0.29) is 0 Å². The number of rotatable bonds is 4. The highest BCUT2D eigenvalue weighted by atomic mass is 35.5. The first-order chi connectivity index (χ1) is 10.2. The maximum atomic E-state index is 6.21. The van der Waals surface area contributed by atoms with E-state index < -0.39 is 0 Å². The van der Waals surface area contributed by atoms with Crippen LogP contribution in [0.4, 0.5) is 0 Å². The van der Waals surface area contributed by atoms with E-state index in [1.807, 2.05) is 42.6 Å². The molecule has 1 aromatic heterocycles. The van der Waals surface area contributed by atoms with E-state index in [1.165, 1.54) is 0 Å². The van der Waals surface area contributed by atoms with E-state index >= 15 is 0 Å². The fraction of sp³-hybridized carbons (Fsp3) is 0.176. The molecule has 3 rings (SSSR count). The molecule has 4 heteroatoms. The summed E-state index contributed by atoms with van der Waals surface area (Å²) in [6, 6.07) is 13.9. The lowest BCUT2D eigenvalue weighted by Crippen LogP contribution is -1.99. The molecule has 3 aromatic rings. The van der Waals surface area contributed by atoms with Crippen molar-refractivity contribution in [2.75, 3.05) is 14.2 Å². The Hall–Kier alpha value is -2.13. The van der Waals surface area contributed by atoms with Gasteiger partial charge in [-0.25, -0.2) is 0 Å². The second-order valence-electron chi connectivity index (χ2n) is 4.81. The Kier molecular flexibility index (Phi) is 3.76. The highest BCUT2D eigenvalue weighted by Crippen LogP contribution is 2.29. The van der Waals surface area contributed by atoms with Gasteiger partial charge in [0.25, 0.3) is 0 Å². The minimum absolute atomic E-state index is 0.738. The van der Waals surface area contributed by atoms with Crippen LogP contribution in [0.15, 0.2) is 48.7 Å². The van der Waals surface area contributed by atoms with Gasteiger partial charge < -0.3 is 14.0 Å². The molecule has 21 heavy (non-hydrogen) atoms. The smallest absolute Gasteiger partial charge is 0.161 e. The Morgan fingerprint density at radius 1 is 1.00 bits per heavy atom. The zero-order valence-corrected chi connectivity index (χ0v) is 12.7. The van der Waals surface area contributed by atoms with Crippen LogP contribution in [0.25, 0.3) is 10.9 Å². The Labute approximate surface area is 128 Å². The molecule has 0 fully saturated rings. The number of halogens is 1. The van der Waals surface area contributed by atoms with Crippen LogP contribution in [0, 0.1) is 0 Å². The lowest BCUT2D eigenvalue weighted by Gasteiger charge is -2.11. The van der Waals surface area contributed by atoms with Crippen LogP contribution in [0.5, 0.6) is 11.5 Å². The highest BCUT2D eigenvalue weighted by molar-refractivity contribution is 6.35. The molecule has 0 aliphatic carbocycles. The Bertz CT molecular complexity index is 780. The van der Waals surface area contributed by atoms with Crippen LogP contribution in [0.1, 0.15) is 5.56 Å². The van der Waals surface area contributed by atoms with Crippen LogP contribution < -0.4 is 9.47 Å². The van der Waals surface area contributed by atoms with Crippen LogP contribution in [-0.2, 0) is 6.54 Å². The van der Waals surface area contributed by atoms with Crippen molar-refractivity contribution in [3.63, 3.8) is 0 Å². The van der Waals surface area contributed by atoms with E-state index in [0.29, 0.717) is 0 Å². The zero-order valence-electron chi connectivity index (χ0n) is 12.0. The lowest BCUT2D eigenvalue weighted by molar-refractivity contribution is 0.354. The largest absolute Gasteiger partial charge is 0.493 e. The molecular formula is C17H16ClNO2. The quantitative estimate of drug-likeness (QED) is 0.715. The topological polar surface area (TPSA) is 23.4 Å². The number of hydrogen-bond donors (Lipinski definition) is 0. The molecule has 0 aliphatic heterocycles. The zero-order chi connectivity index (χ0) is 14.8. The lowest BCUT2D eigenvalue weighted by atomic mass is 10.2. The standard InChI is InChI=1S/C17H16ClNO2/c1-20-16-7-6-12(10-17(16)21-2)11-19-9-8-13-14(18)4-3-5-15(13)19/h3-10H,11H2,1-2H3. The van der Waals surface area contributed by atoms with Gasteiger partial charge >= 0.3 is 0 Å². The second kappa shape index (κ2) is 5.70. The molecule has 1 heterocycles.